The molecule has 14 heavy (non-hydrogen) atoms. The van der Waals surface area contributed by atoms with E-state index in [1.807, 2.05) is 18.2 Å². The quantitative estimate of drug-likeness (QED) is 0.730. The van der Waals surface area contributed by atoms with Gasteiger partial charge in [-0.25, -0.2) is 0 Å². The van der Waals surface area contributed by atoms with Gasteiger partial charge in [0.15, 0.2) is 5.82 Å². The molecule has 0 saturated carbocycles. The summed E-state index contributed by atoms with van der Waals surface area (Å²) >= 11 is 9.96. The van der Waals surface area contributed by atoms with Crippen molar-refractivity contribution in [1.82, 2.24) is 14.4 Å². The first-order valence-corrected chi connectivity index (χ1v) is 4.63. The van der Waals surface area contributed by atoms with Gasteiger partial charge in [0.1, 0.15) is 5.69 Å². The van der Waals surface area contributed by atoms with Crippen molar-refractivity contribution >= 4 is 30.2 Å². The summed E-state index contributed by atoms with van der Waals surface area (Å²) in [6.07, 6.45) is 0. The monoisotopic (exact) mass is 226 g/mol. The first-order chi connectivity index (χ1) is 6.70. The second-order valence-electron chi connectivity index (χ2n) is 2.69. The smallest absolute Gasteiger partial charge is 0.162 e. The van der Waals surface area contributed by atoms with Crippen molar-refractivity contribution in [3.63, 3.8) is 0 Å². The molecule has 0 aliphatic heterocycles. The van der Waals surface area contributed by atoms with E-state index in [-0.39, 0.29) is 0 Å². The number of aromatic nitrogens is 3. The molecule has 0 fully saturated rings. The Morgan fingerprint density at radius 2 is 2.07 bits per heavy atom. The molecule has 2 rings (SSSR count). The lowest BCUT2D eigenvalue weighted by molar-refractivity contribution is 0.902. The summed E-state index contributed by atoms with van der Waals surface area (Å²) in [4.78, 5) is 0. The van der Waals surface area contributed by atoms with Crippen LogP contribution in [0.3, 0.4) is 0 Å². The van der Waals surface area contributed by atoms with Crippen molar-refractivity contribution < 1.29 is 0 Å². The zero-order valence-corrected chi connectivity index (χ0v) is 8.70. The van der Waals surface area contributed by atoms with Crippen LogP contribution in [0.5, 0.6) is 0 Å². The maximum atomic E-state index is 5.98. The summed E-state index contributed by atoms with van der Waals surface area (Å²) in [6, 6.07) is 7.30. The van der Waals surface area contributed by atoms with Gasteiger partial charge in [-0.15, -0.1) is 5.10 Å². The Balaban J connectivity index is 2.60. The minimum atomic E-state index is 0.376. The lowest BCUT2D eigenvalue weighted by atomic mass is 10.1. The van der Waals surface area contributed by atoms with Gasteiger partial charge in [-0.1, -0.05) is 35.0 Å². The van der Waals surface area contributed by atoms with Gasteiger partial charge in [-0.2, -0.15) is 4.09 Å². The predicted octanol–water partition coefficient (Wildman–Crippen LogP) is 1.87. The zero-order chi connectivity index (χ0) is 10.1. The number of thiol groups is 1. The highest BCUT2D eigenvalue weighted by Gasteiger charge is 2.12. The van der Waals surface area contributed by atoms with Crippen molar-refractivity contribution in [3.05, 3.63) is 29.3 Å². The van der Waals surface area contributed by atoms with Gasteiger partial charge in [-0.3, -0.25) is 0 Å². The third kappa shape index (κ3) is 1.44. The summed E-state index contributed by atoms with van der Waals surface area (Å²) in [5, 5.41) is 8.15. The molecular formula is C8H7ClN4S. The lowest BCUT2D eigenvalue weighted by Crippen LogP contribution is -1.93. The van der Waals surface area contributed by atoms with Crippen LogP contribution in [0.15, 0.2) is 24.3 Å². The van der Waals surface area contributed by atoms with Gasteiger partial charge in [0.25, 0.3) is 0 Å². The van der Waals surface area contributed by atoms with Crippen molar-refractivity contribution in [2.24, 2.45) is 0 Å². The van der Waals surface area contributed by atoms with E-state index in [0.29, 0.717) is 16.5 Å². The number of nitrogen functional groups attached to an aromatic ring is 1. The number of benzene rings is 1. The molecule has 0 aliphatic rings. The molecule has 1 heterocycles. The normalized spacial score (nSPS) is 10.4. The van der Waals surface area contributed by atoms with Crippen LogP contribution >= 0.6 is 24.4 Å². The highest BCUT2D eigenvalue weighted by Crippen LogP contribution is 2.29. The minimum absolute atomic E-state index is 0.376. The van der Waals surface area contributed by atoms with Gasteiger partial charge in [0.2, 0.25) is 0 Å². The van der Waals surface area contributed by atoms with Crippen LogP contribution in [0.2, 0.25) is 5.02 Å². The van der Waals surface area contributed by atoms with E-state index in [1.54, 1.807) is 6.07 Å². The van der Waals surface area contributed by atoms with Crippen LogP contribution in [0, 0.1) is 0 Å². The van der Waals surface area contributed by atoms with E-state index in [1.165, 1.54) is 4.09 Å². The summed E-state index contributed by atoms with van der Waals surface area (Å²) in [6.45, 7) is 0. The molecule has 0 atom stereocenters. The fraction of sp³-hybridized carbons (Fsp3) is 0. The molecule has 0 amide bonds. The molecule has 4 nitrogen and oxygen atoms in total. The third-order valence-electron chi connectivity index (χ3n) is 1.82. The van der Waals surface area contributed by atoms with Crippen LogP contribution in [0.4, 0.5) is 5.82 Å². The number of nitrogens with zero attached hydrogens (tertiary/aromatic N) is 3. The second-order valence-corrected chi connectivity index (χ2v) is 3.48. The Morgan fingerprint density at radius 3 is 2.64 bits per heavy atom. The van der Waals surface area contributed by atoms with Crippen LogP contribution in [-0.4, -0.2) is 14.4 Å². The van der Waals surface area contributed by atoms with Gasteiger partial charge >= 0.3 is 0 Å². The number of rotatable bonds is 1. The molecule has 2 aromatic rings. The molecule has 0 unspecified atom stereocenters. The van der Waals surface area contributed by atoms with E-state index in [4.69, 9.17) is 17.3 Å². The van der Waals surface area contributed by atoms with E-state index >= 15 is 0 Å². The first-order valence-electron chi connectivity index (χ1n) is 3.85. The van der Waals surface area contributed by atoms with E-state index in [0.717, 1.165) is 5.56 Å². The topological polar surface area (TPSA) is 56.7 Å². The molecule has 72 valence electrons. The van der Waals surface area contributed by atoms with Gasteiger partial charge < -0.3 is 5.73 Å². The molecule has 0 saturated heterocycles. The lowest BCUT2D eigenvalue weighted by Gasteiger charge is -2.00. The van der Waals surface area contributed by atoms with Crippen LogP contribution in [0.1, 0.15) is 0 Å². The average Bonchev–Trinajstić information content (AvgIpc) is 2.49. The second kappa shape index (κ2) is 3.51. The fourth-order valence-corrected chi connectivity index (χ4v) is 1.49. The van der Waals surface area contributed by atoms with E-state index < -0.39 is 0 Å². The predicted molar refractivity (Wildman–Crippen MR) is 59.3 cm³/mol. The number of anilines is 1. The van der Waals surface area contributed by atoms with Crippen LogP contribution < -0.4 is 5.73 Å². The highest BCUT2D eigenvalue weighted by molar-refractivity contribution is 7.78. The number of hydrogen-bond donors (Lipinski definition) is 2. The molecule has 2 N–H and O–H groups in total. The summed E-state index contributed by atoms with van der Waals surface area (Å²) in [7, 11) is 0. The Morgan fingerprint density at radius 1 is 1.36 bits per heavy atom. The first kappa shape index (κ1) is 9.36. The Labute approximate surface area is 91.2 Å². The molecule has 1 aromatic heterocycles. The number of hydrogen-bond acceptors (Lipinski definition) is 4. The minimum Gasteiger partial charge on any atom is -0.381 e. The fourth-order valence-electron chi connectivity index (χ4n) is 1.13. The van der Waals surface area contributed by atoms with Crippen LogP contribution in [0.25, 0.3) is 11.3 Å². The molecule has 0 bridgehead atoms. The van der Waals surface area contributed by atoms with Crippen molar-refractivity contribution in [3.8, 4) is 11.3 Å². The van der Waals surface area contributed by atoms with Crippen LogP contribution in [-0.2, 0) is 0 Å². The van der Waals surface area contributed by atoms with Crippen molar-refractivity contribution in [1.29, 1.82) is 0 Å². The molecule has 0 spiro atoms. The largest absolute Gasteiger partial charge is 0.381 e. The van der Waals surface area contributed by atoms with Gasteiger partial charge in [0.05, 0.1) is 5.02 Å². The standard InChI is InChI=1S/C8H7ClN4S/c9-6-4-2-1-3-5(6)7-8(10)13(14)12-11-7/h1-4,14H,10H2. The SMILES string of the molecule is Nc1c(-c2ccccc2Cl)nnn1S. The van der Waals surface area contributed by atoms with Gasteiger partial charge in [-0.05, 0) is 18.9 Å². The molecular weight excluding hydrogens is 220 g/mol. The highest BCUT2D eigenvalue weighted by atomic mass is 35.5. The average molecular weight is 227 g/mol. The molecule has 0 radical (unpaired) electrons. The summed E-state index contributed by atoms with van der Waals surface area (Å²) in [5.74, 6) is 0.376. The van der Waals surface area contributed by atoms with E-state index in [2.05, 4.69) is 23.1 Å². The summed E-state index contributed by atoms with van der Waals surface area (Å²) in [5.41, 5.74) is 7.01. The van der Waals surface area contributed by atoms with E-state index in [9.17, 15) is 0 Å². The molecule has 0 aliphatic carbocycles. The van der Waals surface area contributed by atoms with Gasteiger partial charge in [0, 0.05) is 5.56 Å². The maximum absolute atomic E-state index is 5.98. The zero-order valence-electron chi connectivity index (χ0n) is 7.05. The van der Waals surface area contributed by atoms with Crippen molar-refractivity contribution in [2.75, 3.05) is 5.73 Å². The Kier molecular flexibility index (Phi) is 2.35. The van der Waals surface area contributed by atoms with Crippen molar-refractivity contribution in [2.45, 2.75) is 0 Å². The third-order valence-corrected chi connectivity index (χ3v) is 2.44. The summed E-state index contributed by atoms with van der Waals surface area (Å²) < 4.78 is 1.21. The number of halogens is 1. The molecule has 1 aromatic carbocycles. The number of nitrogens with two attached hydrogens (primary N) is 1. The molecule has 6 heteroatoms. The Hall–Kier alpha value is -1.20. The Bertz CT molecular complexity index is 468. The maximum Gasteiger partial charge on any atom is 0.162 e.